The zero-order valence-electron chi connectivity index (χ0n) is 9.19. The molecule has 0 fully saturated rings. The van der Waals surface area contributed by atoms with E-state index in [-0.39, 0.29) is 5.91 Å². The van der Waals surface area contributed by atoms with Gasteiger partial charge in [-0.1, -0.05) is 35.3 Å². The zero-order valence-corrected chi connectivity index (χ0v) is 10.7. The van der Waals surface area contributed by atoms with E-state index >= 15 is 0 Å². The Morgan fingerprint density at radius 1 is 1.00 bits per heavy atom. The molecule has 92 valence electrons. The van der Waals surface area contributed by atoms with Crippen LogP contribution in [0.25, 0.3) is 0 Å². The lowest BCUT2D eigenvalue weighted by atomic mass is 10.2. The molecule has 18 heavy (non-hydrogen) atoms. The van der Waals surface area contributed by atoms with Crippen molar-refractivity contribution in [2.45, 2.75) is 0 Å². The predicted octanol–water partition coefficient (Wildman–Crippen LogP) is 3.72. The van der Waals surface area contributed by atoms with Gasteiger partial charge in [0.25, 0.3) is 5.91 Å². The maximum Gasteiger partial charge on any atom is 0.283 e. The molecule has 0 unspecified atom stereocenters. The van der Waals surface area contributed by atoms with Crippen LogP contribution in [-0.2, 0) is 0 Å². The molecule has 0 saturated heterocycles. The van der Waals surface area contributed by atoms with E-state index in [2.05, 4.69) is 5.48 Å². The molecule has 0 heterocycles. The Hall–Kier alpha value is -1.71. The summed E-state index contributed by atoms with van der Waals surface area (Å²) < 4.78 is 0. The Labute approximate surface area is 114 Å². The Morgan fingerprint density at radius 3 is 2.33 bits per heavy atom. The summed E-state index contributed by atoms with van der Waals surface area (Å²) in [6.07, 6.45) is 0. The lowest BCUT2D eigenvalue weighted by molar-refractivity contribution is 0.0760. The van der Waals surface area contributed by atoms with Crippen LogP contribution in [0.5, 0.6) is 5.75 Å². The van der Waals surface area contributed by atoms with Gasteiger partial charge in [-0.2, -0.15) is 5.48 Å². The molecular weight excluding hydrogens is 273 g/mol. The summed E-state index contributed by atoms with van der Waals surface area (Å²) in [7, 11) is 0. The van der Waals surface area contributed by atoms with Crippen LogP contribution < -0.4 is 10.3 Å². The lowest BCUT2D eigenvalue weighted by Crippen LogP contribution is -2.26. The monoisotopic (exact) mass is 281 g/mol. The van der Waals surface area contributed by atoms with Gasteiger partial charge < -0.3 is 4.84 Å². The summed E-state index contributed by atoms with van der Waals surface area (Å²) in [5.41, 5.74) is 2.76. The van der Waals surface area contributed by atoms with Crippen LogP contribution in [0, 0.1) is 0 Å². The minimum absolute atomic E-state index is 0.369. The quantitative estimate of drug-likeness (QED) is 0.871. The number of hydroxylamine groups is 1. The summed E-state index contributed by atoms with van der Waals surface area (Å²) in [6.45, 7) is 0. The van der Waals surface area contributed by atoms with Crippen molar-refractivity contribution in [2.24, 2.45) is 0 Å². The SMILES string of the molecule is O=C(NOc1ccccc1Cl)c1ccc(Cl)cc1. The minimum atomic E-state index is -0.369. The third-order valence-electron chi connectivity index (χ3n) is 2.20. The normalized spacial score (nSPS) is 9.89. The van der Waals surface area contributed by atoms with E-state index in [0.29, 0.717) is 21.4 Å². The minimum Gasteiger partial charge on any atom is -0.378 e. The fourth-order valence-electron chi connectivity index (χ4n) is 1.29. The molecule has 0 radical (unpaired) electrons. The summed E-state index contributed by atoms with van der Waals surface area (Å²) >= 11 is 11.6. The highest BCUT2D eigenvalue weighted by Gasteiger charge is 2.07. The van der Waals surface area contributed by atoms with Gasteiger partial charge in [0, 0.05) is 10.6 Å². The van der Waals surface area contributed by atoms with E-state index in [1.165, 1.54) is 0 Å². The summed E-state index contributed by atoms with van der Waals surface area (Å²) in [5.74, 6) is 0.0214. The largest absolute Gasteiger partial charge is 0.378 e. The molecule has 0 saturated carbocycles. The molecule has 0 aliphatic rings. The van der Waals surface area contributed by atoms with Gasteiger partial charge >= 0.3 is 0 Å². The summed E-state index contributed by atoms with van der Waals surface area (Å²) in [6, 6.07) is 13.3. The first kappa shape index (κ1) is 12.7. The van der Waals surface area contributed by atoms with Crippen LogP contribution in [0.2, 0.25) is 10.0 Å². The Kier molecular flexibility index (Phi) is 4.07. The molecule has 0 bridgehead atoms. The van der Waals surface area contributed by atoms with E-state index < -0.39 is 0 Å². The predicted molar refractivity (Wildman–Crippen MR) is 71.0 cm³/mol. The number of benzene rings is 2. The Morgan fingerprint density at radius 2 is 1.67 bits per heavy atom. The highest BCUT2D eigenvalue weighted by atomic mass is 35.5. The summed E-state index contributed by atoms with van der Waals surface area (Å²) in [5, 5.41) is 0.993. The molecule has 0 aliphatic heterocycles. The number of hydrogen-bond acceptors (Lipinski definition) is 2. The first-order valence-electron chi connectivity index (χ1n) is 5.14. The van der Waals surface area contributed by atoms with Crippen molar-refractivity contribution in [1.29, 1.82) is 0 Å². The number of amides is 1. The third-order valence-corrected chi connectivity index (χ3v) is 2.76. The molecule has 0 aliphatic carbocycles. The second-order valence-corrected chi connectivity index (χ2v) is 4.31. The van der Waals surface area contributed by atoms with Crippen molar-refractivity contribution in [3.63, 3.8) is 0 Å². The van der Waals surface area contributed by atoms with Crippen LogP contribution in [0.4, 0.5) is 0 Å². The average molecular weight is 282 g/mol. The molecule has 1 amide bonds. The molecule has 2 rings (SSSR count). The van der Waals surface area contributed by atoms with E-state index in [1.54, 1.807) is 48.5 Å². The van der Waals surface area contributed by atoms with E-state index in [0.717, 1.165) is 0 Å². The Balaban J connectivity index is 2.01. The standard InChI is InChI=1S/C13H9Cl2NO2/c14-10-7-5-9(6-8-10)13(17)16-18-12-4-2-1-3-11(12)15/h1-8H,(H,16,17). The van der Waals surface area contributed by atoms with Crippen LogP contribution in [0.15, 0.2) is 48.5 Å². The van der Waals surface area contributed by atoms with Crippen molar-refractivity contribution in [3.8, 4) is 5.75 Å². The van der Waals surface area contributed by atoms with E-state index in [9.17, 15) is 4.79 Å². The van der Waals surface area contributed by atoms with Crippen molar-refractivity contribution < 1.29 is 9.63 Å². The molecule has 0 spiro atoms. The second-order valence-electron chi connectivity index (χ2n) is 3.47. The number of nitrogens with one attached hydrogen (secondary N) is 1. The number of halogens is 2. The molecule has 0 aromatic heterocycles. The number of carbonyl (C=O) groups excluding carboxylic acids is 1. The van der Waals surface area contributed by atoms with E-state index in [4.69, 9.17) is 28.0 Å². The van der Waals surface area contributed by atoms with Gasteiger partial charge in [0.15, 0.2) is 5.75 Å². The molecule has 0 atom stereocenters. The van der Waals surface area contributed by atoms with Gasteiger partial charge in [-0.05, 0) is 36.4 Å². The topological polar surface area (TPSA) is 38.3 Å². The lowest BCUT2D eigenvalue weighted by Gasteiger charge is -2.08. The van der Waals surface area contributed by atoms with Gasteiger partial charge in [0.2, 0.25) is 0 Å². The smallest absolute Gasteiger partial charge is 0.283 e. The molecule has 5 heteroatoms. The number of rotatable bonds is 3. The second kappa shape index (κ2) is 5.76. The fraction of sp³-hybridized carbons (Fsp3) is 0. The highest BCUT2D eigenvalue weighted by Crippen LogP contribution is 2.22. The first-order chi connectivity index (χ1) is 8.66. The van der Waals surface area contributed by atoms with Crippen LogP contribution in [0.3, 0.4) is 0 Å². The van der Waals surface area contributed by atoms with Gasteiger partial charge in [-0.25, -0.2) is 0 Å². The first-order valence-corrected chi connectivity index (χ1v) is 5.89. The highest BCUT2D eigenvalue weighted by molar-refractivity contribution is 6.32. The van der Waals surface area contributed by atoms with E-state index in [1.807, 2.05) is 0 Å². The van der Waals surface area contributed by atoms with Gasteiger partial charge in [0.1, 0.15) is 0 Å². The van der Waals surface area contributed by atoms with Crippen molar-refractivity contribution >= 4 is 29.1 Å². The molecular formula is C13H9Cl2NO2. The number of para-hydroxylation sites is 1. The molecule has 2 aromatic carbocycles. The van der Waals surface area contributed by atoms with Gasteiger partial charge in [0.05, 0.1) is 5.02 Å². The zero-order chi connectivity index (χ0) is 13.0. The molecule has 2 aromatic rings. The van der Waals surface area contributed by atoms with Crippen molar-refractivity contribution in [1.82, 2.24) is 5.48 Å². The third kappa shape index (κ3) is 3.15. The van der Waals surface area contributed by atoms with Crippen LogP contribution in [-0.4, -0.2) is 5.91 Å². The maximum atomic E-state index is 11.7. The molecule has 1 N–H and O–H groups in total. The maximum absolute atomic E-state index is 11.7. The van der Waals surface area contributed by atoms with Gasteiger partial charge in [-0.15, -0.1) is 0 Å². The number of carbonyl (C=O) groups is 1. The number of hydrogen-bond donors (Lipinski definition) is 1. The van der Waals surface area contributed by atoms with Gasteiger partial charge in [-0.3, -0.25) is 4.79 Å². The van der Waals surface area contributed by atoms with Crippen LogP contribution >= 0.6 is 23.2 Å². The fourth-order valence-corrected chi connectivity index (χ4v) is 1.59. The Bertz CT molecular complexity index is 555. The molecule has 3 nitrogen and oxygen atoms in total. The average Bonchev–Trinajstić information content (AvgIpc) is 2.38. The van der Waals surface area contributed by atoms with Crippen molar-refractivity contribution in [3.05, 3.63) is 64.1 Å². The summed E-state index contributed by atoms with van der Waals surface area (Å²) in [4.78, 5) is 16.8. The van der Waals surface area contributed by atoms with Crippen molar-refractivity contribution in [2.75, 3.05) is 0 Å². The van der Waals surface area contributed by atoms with Crippen LogP contribution in [0.1, 0.15) is 10.4 Å².